The van der Waals surface area contributed by atoms with Crippen molar-refractivity contribution in [3.8, 4) is 5.75 Å². The van der Waals surface area contributed by atoms with Crippen LogP contribution in [0.5, 0.6) is 5.75 Å². The van der Waals surface area contributed by atoms with Crippen molar-refractivity contribution in [2.75, 3.05) is 0 Å². The number of nitrogens with zero attached hydrogens (tertiary/aromatic N) is 2. The van der Waals surface area contributed by atoms with Gasteiger partial charge < -0.3 is 9.72 Å². The van der Waals surface area contributed by atoms with Crippen LogP contribution in [0.4, 0.5) is 8.78 Å². The minimum atomic E-state index is -1.43. The number of fused-ring (bicyclic) bond motifs is 1. The van der Waals surface area contributed by atoms with Gasteiger partial charge in [-0.3, -0.25) is 14.6 Å². The van der Waals surface area contributed by atoms with Gasteiger partial charge in [-0.05, 0) is 30.3 Å². The average Bonchev–Trinajstić information content (AvgIpc) is 3.31. The van der Waals surface area contributed by atoms with Crippen LogP contribution in [0.1, 0.15) is 38.0 Å². The third-order valence-electron chi connectivity index (χ3n) is 5.60. The van der Waals surface area contributed by atoms with Crippen LogP contribution < -0.4 is 4.74 Å². The quantitative estimate of drug-likeness (QED) is 0.227. The van der Waals surface area contributed by atoms with Gasteiger partial charge in [-0.25, -0.2) is 13.8 Å². The first-order valence-electron chi connectivity index (χ1n) is 11.1. The number of hydrogen-bond donors (Lipinski definition) is 1. The Labute approximate surface area is 204 Å². The van der Waals surface area contributed by atoms with Crippen LogP contribution in [0, 0.1) is 11.6 Å². The van der Waals surface area contributed by atoms with Crippen LogP contribution >= 0.6 is 0 Å². The lowest BCUT2D eigenvalue weighted by molar-refractivity contribution is 0.0855. The Morgan fingerprint density at radius 1 is 0.861 bits per heavy atom. The molecule has 1 unspecified atom stereocenters. The maximum atomic E-state index is 13.9. The molecule has 0 fully saturated rings. The number of pyridine rings is 1. The van der Waals surface area contributed by atoms with Crippen molar-refractivity contribution < 1.29 is 23.1 Å². The number of benzene rings is 3. The van der Waals surface area contributed by atoms with Crippen molar-refractivity contribution in [1.82, 2.24) is 15.0 Å². The zero-order valence-corrected chi connectivity index (χ0v) is 18.8. The van der Waals surface area contributed by atoms with Crippen molar-refractivity contribution in [1.29, 1.82) is 0 Å². The fraction of sp³-hybridized carbons (Fsp3) is 0.0714. The number of Topliss-reactive ketones (excluding diaryl/α,β-unsaturated/α-hetero) is 2. The van der Waals surface area contributed by atoms with E-state index in [1.165, 1.54) is 0 Å². The molecular formula is C28H19F2N3O3. The van der Waals surface area contributed by atoms with Crippen molar-refractivity contribution in [2.24, 2.45) is 0 Å². The van der Waals surface area contributed by atoms with Crippen molar-refractivity contribution >= 4 is 22.6 Å². The van der Waals surface area contributed by atoms with Crippen molar-refractivity contribution in [2.45, 2.75) is 12.5 Å². The van der Waals surface area contributed by atoms with E-state index < -0.39 is 29.1 Å². The summed E-state index contributed by atoms with van der Waals surface area (Å²) in [4.78, 5) is 38.4. The first-order chi connectivity index (χ1) is 17.5. The number of hydrogen-bond acceptors (Lipinski definition) is 5. The third kappa shape index (κ3) is 4.88. The smallest absolute Gasteiger partial charge is 0.181 e. The molecule has 178 valence electrons. The average molecular weight is 483 g/mol. The van der Waals surface area contributed by atoms with E-state index in [9.17, 15) is 18.4 Å². The molecule has 5 rings (SSSR count). The molecule has 3 aromatic carbocycles. The summed E-state index contributed by atoms with van der Waals surface area (Å²) < 4.78 is 33.6. The van der Waals surface area contributed by atoms with Crippen LogP contribution in [0.3, 0.4) is 0 Å². The number of carbonyl (C=O) groups excluding carboxylic acids is 2. The van der Waals surface area contributed by atoms with Gasteiger partial charge in [-0.15, -0.1) is 0 Å². The van der Waals surface area contributed by atoms with Crippen molar-refractivity contribution in [3.63, 3.8) is 0 Å². The molecule has 1 atom stereocenters. The van der Waals surface area contributed by atoms with E-state index in [0.717, 1.165) is 17.7 Å². The van der Waals surface area contributed by atoms with Crippen LogP contribution in [0.2, 0.25) is 0 Å². The van der Waals surface area contributed by atoms with Crippen LogP contribution in [0.25, 0.3) is 11.0 Å². The molecule has 6 nitrogen and oxygen atoms in total. The monoisotopic (exact) mass is 483 g/mol. The van der Waals surface area contributed by atoms with E-state index in [-0.39, 0.29) is 17.0 Å². The highest BCUT2D eigenvalue weighted by Gasteiger charge is 2.33. The largest absolute Gasteiger partial charge is 0.489 e. The highest BCUT2D eigenvalue weighted by Crippen LogP contribution is 2.28. The summed E-state index contributed by atoms with van der Waals surface area (Å²) in [6, 6.07) is 19.5. The molecule has 0 bridgehead atoms. The molecule has 0 aliphatic carbocycles. The molecule has 1 N–H and O–H groups in total. The molecule has 5 aromatic rings. The second kappa shape index (κ2) is 9.87. The number of nitrogens with one attached hydrogen (secondary N) is 1. The molecule has 0 saturated carbocycles. The van der Waals surface area contributed by atoms with Gasteiger partial charge in [-0.2, -0.15) is 0 Å². The van der Waals surface area contributed by atoms with Gasteiger partial charge in [0.2, 0.25) is 0 Å². The summed E-state index contributed by atoms with van der Waals surface area (Å²) in [7, 11) is 0. The van der Waals surface area contributed by atoms with Gasteiger partial charge in [0, 0.05) is 41.2 Å². The molecule has 36 heavy (non-hydrogen) atoms. The van der Waals surface area contributed by atoms with Gasteiger partial charge in [0.25, 0.3) is 0 Å². The number of H-pyrrole nitrogens is 1. The number of rotatable bonds is 8. The third-order valence-corrected chi connectivity index (χ3v) is 5.60. The number of aromatic nitrogens is 3. The Morgan fingerprint density at radius 3 is 2.33 bits per heavy atom. The minimum Gasteiger partial charge on any atom is -0.489 e. The lowest BCUT2D eigenvalue weighted by Crippen LogP contribution is -2.24. The highest BCUT2D eigenvalue weighted by molar-refractivity contribution is 6.19. The molecular weight excluding hydrogens is 464 g/mol. The summed E-state index contributed by atoms with van der Waals surface area (Å²) in [6.45, 7) is 0.305. The summed E-state index contributed by atoms with van der Waals surface area (Å²) in [5.41, 5.74) is 1.95. The number of aromatic amines is 1. The van der Waals surface area contributed by atoms with E-state index in [0.29, 0.717) is 29.5 Å². The molecule has 0 radical (unpaired) electrons. The Balaban J connectivity index is 1.51. The Hall–Kier alpha value is -4.72. The second-order valence-corrected chi connectivity index (χ2v) is 8.14. The van der Waals surface area contributed by atoms with E-state index in [2.05, 4.69) is 15.0 Å². The zero-order chi connectivity index (χ0) is 25.1. The SMILES string of the molecule is O=C(c1ccccc1)C(C(=O)c1cc(F)cc(F)c1)c1nc2ccc(OCc3cccnc3)cc2[nH]1. The van der Waals surface area contributed by atoms with Gasteiger partial charge in [0.1, 0.15) is 35.7 Å². The molecule has 0 aliphatic heterocycles. The molecule has 8 heteroatoms. The molecule has 0 aliphatic rings. The number of carbonyl (C=O) groups is 2. The summed E-state index contributed by atoms with van der Waals surface area (Å²) in [5, 5.41) is 0. The fourth-order valence-corrected chi connectivity index (χ4v) is 3.88. The lowest BCUT2D eigenvalue weighted by atomic mass is 9.89. The number of ether oxygens (including phenoxy) is 1. The Bertz CT molecular complexity index is 1530. The summed E-state index contributed by atoms with van der Waals surface area (Å²) in [5.74, 6) is -3.95. The van der Waals surface area contributed by atoms with E-state index in [4.69, 9.17) is 4.74 Å². The maximum absolute atomic E-state index is 13.9. The number of ketones is 2. The maximum Gasteiger partial charge on any atom is 0.181 e. The minimum absolute atomic E-state index is 0.0675. The van der Waals surface area contributed by atoms with Crippen LogP contribution in [-0.4, -0.2) is 26.5 Å². The van der Waals surface area contributed by atoms with Gasteiger partial charge in [0.05, 0.1) is 11.0 Å². The molecule has 2 heterocycles. The van der Waals surface area contributed by atoms with Gasteiger partial charge >= 0.3 is 0 Å². The van der Waals surface area contributed by atoms with Crippen LogP contribution in [0.15, 0.2) is 91.3 Å². The van der Waals surface area contributed by atoms with Crippen LogP contribution in [-0.2, 0) is 6.61 Å². The summed E-state index contributed by atoms with van der Waals surface area (Å²) in [6.07, 6.45) is 3.38. The van der Waals surface area contributed by atoms with Gasteiger partial charge in [-0.1, -0.05) is 36.4 Å². The fourth-order valence-electron chi connectivity index (χ4n) is 3.88. The zero-order valence-electron chi connectivity index (χ0n) is 18.8. The Morgan fingerprint density at radius 2 is 1.61 bits per heavy atom. The molecule has 2 aromatic heterocycles. The lowest BCUT2D eigenvalue weighted by Gasteiger charge is -2.13. The van der Waals surface area contributed by atoms with E-state index in [1.54, 1.807) is 60.9 Å². The molecule has 0 saturated heterocycles. The molecule has 0 spiro atoms. The van der Waals surface area contributed by atoms with Crippen molar-refractivity contribution in [3.05, 3.63) is 125 Å². The number of imidazole rings is 1. The highest BCUT2D eigenvalue weighted by atomic mass is 19.1. The summed E-state index contributed by atoms with van der Waals surface area (Å²) >= 11 is 0. The standard InChI is InChI=1S/C28H19F2N3O3/c29-20-11-19(12-21(30)13-20)27(35)25(26(34)18-6-2-1-3-7-18)28-32-23-9-8-22(14-24(23)33-28)36-16-17-5-4-10-31-15-17/h1-15,25H,16H2,(H,32,33). The number of halogens is 2. The van der Waals surface area contributed by atoms with Gasteiger partial charge in [0.15, 0.2) is 11.6 Å². The topological polar surface area (TPSA) is 84.9 Å². The first kappa shape index (κ1) is 23.0. The Kier molecular flexibility index (Phi) is 6.32. The first-order valence-corrected chi connectivity index (χ1v) is 11.1. The molecule has 0 amide bonds. The predicted molar refractivity (Wildman–Crippen MR) is 129 cm³/mol. The normalized spacial score (nSPS) is 11.8. The van der Waals surface area contributed by atoms with E-state index in [1.807, 2.05) is 12.1 Å². The van der Waals surface area contributed by atoms with E-state index >= 15 is 0 Å². The second-order valence-electron chi connectivity index (χ2n) is 8.14. The predicted octanol–water partition coefficient (Wildman–Crippen LogP) is 5.66.